The van der Waals surface area contributed by atoms with Gasteiger partial charge in [-0.15, -0.1) is 11.3 Å². The Morgan fingerprint density at radius 1 is 1.09 bits per heavy atom. The van der Waals surface area contributed by atoms with E-state index in [2.05, 4.69) is 4.98 Å². The third-order valence-electron chi connectivity index (χ3n) is 5.59. The van der Waals surface area contributed by atoms with Gasteiger partial charge in [0.2, 0.25) is 5.78 Å². The molecule has 1 aliphatic rings. The Balaban J connectivity index is 1.63. The smallest absolute Gasteiger partial charge is 0.294 e. The summed E-state index contributed by atoms with van der Waals surface area (Å²) in [6.07, 6.45) is 0. The molecule has 0 saturated carbocycles. The zero-order chi connectivity index (χ0) is 24.0. The van der Waals surface area contributed by atoms with E-state index in [-0.39, 0.29) is 5.57 Å². The molecule has 0 radical (unpaired) electrons. The van der Waals surface area contributed by atoms with Crippen molar-refractivity contribution in [3.63, 3.8) is 0 Å². The molecule has 2 aromatic heterocycles. The van der Waals surface area contributed by atoms with E-state index in [0.717, 1.165) is 5.56 Å². The van der Waals surface area contributed by atoms with Crippen molar-refractivity contribution in [2.24, 2.45) is 0 Å². The molecule has 2 aromatic carbocycles. The van der Waals surface area contributed by atoms with Gasteiger partial charge in [0.25, 0.3) is 5.91 Å². The lowest BCUT2D eigenvalue weighted by molar-refractivity contribution is -0.117. The lowest BCUT2D eigenvalue weighted by Gasteiger charge is -2.25. The van der Waals surface area contributed by atoms with Gasteiger partial charge >= 0.3 is 0 Å². The van der Waals surface area contributed by atoms with Gasteiger partial charge in [0.15, 0.2) is 5.76 Å². The van der Waals surface area contributed by atoms with E-state index in [1.807, 2.05) is 30.3 Å². The lowest BCUT2D eigenvalue weighted by atomic mass is 9.99. The zero-order valence-corrected chi connectivity index (χ0v) is 19.9. The van der Waals surface area contributed by atoms with Crippen molar-refractivity contribution in [1.29, 1.82) is 0 Å². The fourth-order valence-corrected chi connectivity index (χ4v) is 5.24. The standard InChI is InChI=1S/C26H19ClN2O4S/c1-14-11-12-19(33-14)21-20(23(31)26(32)29(21)18-10-6-9-17(27)13-18)22(30)24-15(2)28-25(34-24)16-7-4-3-5-8-16/h3-13,21,31H,1-2H3. The number of anilines is 1. The number of aryl methyl sites for hydroxylation is 2. The summed E-state index contributed by atoms with van der Waals surface area (Å²) in [5.74, 6) is -0.796. The normalized spacial score (nSPS) is 15.9. The summed E-state index contributed by atoms with van der Waals surface area (Å²) in [4.78, 5) is 33.3. The van der Waals surface area contributed by atoms with Crippen molar-refractivity contribution in [1.82, 2.24) is 4.98 Å². The third kappa shape index (κ3) is 3.73. The van der Waals surface area contributed by atoms with Crippen molar-refractivity contribution in [2.75, 3.05) is 4.90 Å². The van der Waals surface area contributed by atoms with E-state index < -0.39 is 23.5 Å². The Labute approximate surface area is 204 Å². The number of hydrogen-bond donors (Lipinski definition) is 1. The second-order valence-electron chi connectivity index (χ2n) is 7.90. The number of halogens is 1. The van der Waals surface area contributed by atoms with E-state index in [9.17, 15) is 14.7 Å². The Bertz CT molecular complexity index is 1450. The van der Waals surface area contributed by atoms with E-state index in [1.54, 1.807) is 50.2 Å². The van der Waals surface area contributed by atoms with Crippen LogP contribution >= 0.6 is 22.9 Å². The molecule has 1 N–H and O–H groups in total. The molecule has 1 amide bonds. The summed E-state index contributed by atoms with van der Waals surface area (Å²) < 4.78 is 5.83. The van der Waals surface area contributed by atoms with E-state index in [4.69, 9.17) is 16.0 Å². The second-order valence-corrected chi connectivity index (χ2v) is 9.33. The Hall–Kier alpha value is -3.68. The maximum absolute atomic E-state index is 13.8. The van der Waals surface area contributed by atoms with Crippen molar-refractivity contribution in [3.05, 3.63) is 105 Å². The molecule has 0 aliphatic carbocycles. The van der Waals surface area contributed by atoms with Gasteiger partial charge in [-0.25, -0.2) is 4.98 Å². The van der Waals surface area contributed by atoms with Crippen LogP contribution in [0.15, 0.2) is 82.5 Å². The molecule has 0 spiro atoms. The largest absolute Gasteiger partial charge is 0.503 e. The average molecular weight is 491 g/mol. The minimum Gasteiger partial charge on any atom is -0.503 e. The SMILES string of the molecule is Cc1ccc(C2C(C(=O)c3sc(-c4ccccc4)nc3C)=C(O)C(=O)N2c2cccc(Cl)c2)o1. The summed E-state index contributed by atoms with van der Waals surface area (Å²) in [7, 11) is 0. The first kappa shape index (κ1) is 22.1. The molecule has 0 bridgehead atoms. The van der Waals surface area contributed by atoms with Crippen LogP contribution in [0.4, 0.5) is 5.69 Å². The van der Waals surface area contributed by atoms with Crippen LogP contribution in [0.1, 0.15) is 32.9 Å². The summed E-state index contributed by atoms with van der Waals surface area (Å²) in [5, 5.41) is 12.0. The van der Waals surface area contributed by atoms with Gasteiger partial charge in [0, 0.05) is 16.3 Å². The van der Waals surface area contributed by atoms with Gasteiger partial charge in [0.1, 0.15) is 22.6 Å². The minimum absolute atomic E-state index is 0.0503. The highest BCUT2D eigenvalue weighted by Gasteiger charge is 2.47. The minimum atomic E-state index is -0.950. The van der Waals surface area contributed by atoms with E-state index in [0.29, 0.717) is 37.8 Å². The number of carbonyl (C=O) groups is 2. The predicted octanol–water partition coefficient (Wildman–Crippen LogP) is 6.46. The van der Waals surface area contributed by atoms with E-state index in [1.165, 1.54) is 16.2 Å². The molecule has 0 saturated heterocycles. The summed E-state index contributed by atoms with van der Waals surface area (Å²) in [5.41, 5.74) is 1.80. The second kappa shape index (κ2) is 8.59. The van der Waals surface area contributed by atoms with Crippen molar-refractivity contribution < 1.29 is 19.1 Å². The molecule has 0 fully saturated rings. The maximum atomic E-state index is 13.8. The summed E-state index contributed by atoms with van der Waals surface area (Å²) >= 11 is 7.40. The van der Waals surface area contributed by atoms with Crippen LogP contribution in [0.25, 0.3) is 10.6 Å². The number of ketones is 1. The average Bonchev–Trinajstić information content (AvgIpc) is 3.50. The lowest BCUT2D eigenvalue weighted by Crippen LogP contribution is -2.30. The highest BCUT2D eigenvalue weighted by molar-refractivity contribution is 7.17. The number of carbonyl (C=O) groups excluding carboxylic acids is 2. The molecule has 34 heavy (non-hydrogen) atoms. The molecule has 1 atom stereocenters. The van der Waals surface area contributed by atoms with E-state index >= 15 is 0 Å². The monoisotopic (exact) mass is 490 g/mol. The molecule has 1 aliphatic heterocycles. The van der Waals surface area contributed by atoms with Crippen LogP contribution in [0, 0.1) is 13.8 Å². The quantitative estimate of drug-likeness (QED) is 0.325. The molecular formula is C26H19ClN2O4S. The van der Waals surface area contributed by atoms with Crippen molar-refractivity contribution >= 4 is 40.3 Å². The highest BCUT2D eigenvalue weighted by Crippen LogP contribution is 2.44. The fraction of sp³-hybridized carbons (Fsp3) is 0.115. The Morgan fingerprint density at radius 3 is 2.53 bits per heavy atom. The molecule has 4 aromatic rings. The van der Waals surface area contributed by atoms with Gasteiger partial charge in [0.05, 0.1) is 16.1 Å². The van der Waals surface area contributed by atoms with Crippen LogP contribution < -0.4 is 4.90 Å². The molecule has 8 heteroatoms. The summed E-state index contributed by atoms with van der Waals surface area (Å²) in [6.45, 7) is 3.51. The number of aliphatic hydroxyl groups excluding tert-OH is 1. The molecule has 3 heterocycles. The predicted molar refractivity (Wildman–Crippen MR) is 131 cm³/mol. The van der Waals surface area contributed by atoms with Gasteiger partial charge in [-0.1, -0.05) is 48.0 Å². The van der Waals surface area contributed by atoms with Crippen molar-refractivity contribution in [3.8, 4) is 10.6 Å². The van der Waals surface area contributed by atoms with Gasteiger partial charge in [-0.05, 0) is 44.2 Å². The van der Waals surface area contributed by atoms with Crippen LogP contribution in [0.3, 0.4) is 0 Å². The highest BCUT2D eigenvalue weighted by atomic mass is 35.5. The number of nitrogens with zero attached hydrogens (tertiary/aromatic N) is 2. The molecule has 5 rings (SSSR count). The van der Waals surface area contributed by atoms with Crippen LogP contribution in [-0.2, 0) is 4.79 Å². The Kier molecular flexibility index (Phi) is 5.59. The summed E-state index contributed by atoms with van der Waals surface area (Å²) in [6, 6.07) is 18.7. The Morgan fingerprint density at radius 2 is 1.85 bits per heavy atom. The third-order valence-corrected chi connectivity index (χ3v) is 7.03. The van der Waals surface area contributed by atoms with Gasteiger partial charge in [-0.3, -0.25) is 14.5 Å². The molecule has 170 valence electrons. The van der Waals surface area contributed by atoms with Crippen LogP contribution in [0.2, 0.25) is 5.02 Å². The van der Waals surface area contributed by atoms with Crippen LogP contribution in [-0.4, -0.2) is 21.8 Å². The van der Waals surface area contributed by atoms with Crippen molar-refractivity contribution in [2.45, 2.75) is 19.9 Å². The number of thiazole rings is 1. The number of benzene rings is 2. The number of Topliss-reactive ketones (excluding diaryl/α,β-unsaturated/α-hetero) is 1. The molecular weight excluding hydrogens is 472 g/mol. The first-order valence-electron chi connectivity index (χ1n) is 10.5. The first-order valence-corrected chi connectivity index (χ1v) is 11.7. The fourth-order valence-electron chi connectivity index (χ4n) is 4.03. The van der Waals surface area contributed by atoms with Gasteiger partial charge in [-0.2, -0.15) is 0 Å². The van der Waals surface area contributed by atoms with Crippen LogP contribution in [0.5, 0.6) is 0 Å². The number of rotatable bonds is 5. The number of furan rings is 1. The number of amides is 1. The first-order chi connectivity index (χ1) is 16.3. The number of aliphatic hydroxyl groups is 1. The molecule has 6 nitrogen and oxygen atoms in total. The van der Waals surface area contributed by atoms with Gasteiger partial charge < -0.3 is 9.52 Å². The maximum Gasteiger partial charge on any atom is 0.294 e. The zero-order valence-electron chi connectivity index (χ0n) is 18.3. The molecule has 1 unspecified atom stereocenters. The number of hydrogen-bond acceptors (Lipinski definition) is 6. The number of aromatic nitrogens is 1. The topological polar surface area (TPSA) is 83.6 Å².